The molecule has 35 heavy (non-hydrogen) atoms. The van der Waals surface area contributed by atoms with Crippen LogP contribution in [0.25, 0.3) is 0 Å². The number of urea groups is 1. The van der Waals surface area contributed by atoms with E-state index in [4.69, 9.17) is 0 Å². The van der Waals surface area contributed by atoms with E-state index in [1.165, 1.54) is 24.3 Å². The van der Waals surface area contributed by atoms with Crippen LogP contribution in [0.4, 0.5) is 13.6 Å². The van der Waals surface area contributed by atoms with Crippen LogP contribution >= 0.6 is 0 Å². The molecule has 0 radical (unpaired) electrons. The number of benzene rings is 2. The molecule has 188 valence electrons. The molecule has 8 heteroatoms. The van der Waals surface area contributed by atoms with Crippen LogP contribution in [0, 0.1) is 11.6 Å². The van der Waals surface area contributed by atoms with E-state index in [1.807, 2.05) is 0 Å². The minimum Gasteiger partial charge on any atom is -0.340 e. The first-order chi connectivity index (χ1) is 17.0. The Morgan fingerprint density at radius 1 is 0.686 bits per heavy atom. The van der Waals surface area contributed by atoms with Crippen molar-refractivity contribution in [1.82, 2.24) is 20.0 Å². The molecule has 2 heterocycles. The van der Waals surface area contributed by atoms with Gasteiger partial charge in [-0.3, -0.25) is 9.69 Å². The maximum atomic E-state index is 13.6. The molecule has 0 atom stereocenters. The standard InChI is InChI=1S/C27H34F2N4O2/c28-23-10-6-21(7-11-23)26(22-8-12-24(29)13-9-22)32-17-5-16-31(18-19-32)25(34)20-30-27(35)33-14-3-1-2-4-15-33/h6-13,26H,1-5,14-20H2,(H,30,35). The molecule has 4 rings (SSSR count). The van der Waals surface area contributed by atoms with Crippen LogP contribution in [-0.2, 0) is 4.79 Å². The molecule has 0 aliphatic carbocycles. The Balaban J connectivity index is 1.39. The third kappa shape index (κ3) is 6.78. The van der Waals surface area contributed by atoms with E-state index < -0.39 is 0 Å². The van der Waals surface area contributed by atoms with E-state index in [2.05, 4.69) is 10.2 Å². The Kier molecular flexibility index (Phi) is 8.69. The Labute approximate surface area is 205 Å². The normalized spacial score (nSPS) is 17.7. The first kappa shape index (κ1) is 25.1. The number of hydrogen-bond donors (Lipinski definition) is 1. The lowest BCUT2D eigenvalue weighted by Gasteiger charge is -2.31. The van der Waals surface area contributed by atoms with Crippen molar-refractivity contribution >= 4 is 11.9 Å². The van der Waals surface area contributed by atoms with Crippen molar-refractivity contribution in [2.24, 2.45) is 0 Å². The van der Waals surface area contributed by atoms with Gasteiger partial charge in [-0.05, 0) is 54.7 Å². The number of amides is 3. The second kappa shape index (κ2) is 12.1. The zero-order chi connectivity index (χ0) is 24.6. The lowest BCUT2D eigenvalue weighted by molar-refractivity contribution is -0.130. The van der Waals surface area contributed by atoms with Crippen LogP contribution < -0.4 is 5.32 Å². The van der Waals surface area contributed by atoms with Crippen molar-refractivity contribution in [2.75, 3.05) is 45.8 Å². The van der Waals surface area contributed by atoms with Crippen LogP contribution in [0.2, 0.25) is 0 Å². The molecule has 0 spiro atoms. The second-order valence-corrected chi connectivity index (χ2v) is 9.34. The summed E-state index contributed by atoms with van der Waals surface area (Å²) in [4.78, 5) is 31.2. The van der Waals surface area contributed by atoms with Gasteiger partial charge in [-0.1, -0.05) is 37.1 Å². The van der Waals surface area contributed by atoms with Gasteiger partial charge in [-0.15, -0.1) is 0 Å². The highest BCUT2D eigenvalue weighted by Crippen LogP contribution is 2.30. The van der Waals surface area contributed by atoms with Crippen molar-refractivity contribution < 1.29 is 18.4 Å². The van der Waals surface area contributed by atoms with E-state index in [0.717, 1.165) is 62.9 Å². The Morgan fingerprint density at radius 2 is 1.23 bits per heavy atom. The fraction of sp³-hybridized carbons (Fsp3) is 0.481. The zero-order valence-corrected chi connectivity index (χ0v) is 20.1. The van der Waals surface area contributed by atoms with Crippen LogP contribution in [0.5, 0.6) is 0 Å². The lowest BCUT2D eigenvalue weighted by Crippen LogP contribution is -2.46. The average molecular weight is 485 g/mol. The Morgan fingerprint density at radius 3 is 1.80 bits per heavy atom. The third-order valence-corrected chi connectivity index (χ3v) is 6.90. The fourth-order valence-corrected chi connectivity index (χ4v) is 5.00. The molecule has 6 nitrogen and oxygen atoms in total. The number of carbonyl (C=O) groups excluding carboxylic acids is 2. The molecule has 3 amide bonds. The molecule has 2 aromatic carbocycles. The fourth-order valence-electron chi connectivity index (χ4n) is 5.00. The molecule has 2 aromatic rings. The molecule has 0 saturated carbocycles. The molecular formula is C27H34F2N4O2. The first-order valence-electron chi connectivity index (χ1n) is 12.6. The van der Waals surface area contributed by atoms with E-state index in [9.17, 15) is 18.4 Å². The first-order valence-corrected chi connectivity index (χ1v) is 12.6. The predicted octanol–water partition coefficient (Wildman–Crippen LogP) is 4.17. The minimum absolute atomic E-state index is 0.00527. The number of rotatable bonds is 5. The van der Waals surface area contributed by atoms with Gasteiger partial charge in [-0.25, -0.2) is 13.6 Å². The smallest absolute Gasteiger partial charge is 0.317 e. The summed E-state index contributed by atoms with van der Waals surface area (Å²) in [6, 6.07) is 12.5. The van der Waals surface area contributed by atoms with Crippen molar-refractivity contribution in [3.05, 3.63) is 71.3 Å². The third-order valence-electron chi connectivity index (χ3n) is 6.90. The van der Waals surface area contributed by atoms with E-state index in [-0.39, 0.29) is 36.2 Å². The van der Waals surface area contributed by atoms with Gasteiger partial charge in [0, 0.05) is 39.3 Å². The van der Waals surface area contributed by atoms with Gasteiger partial charge in [0.1, 0.15) is 11.6 Å². The Hall–Kier alpha value is -3.00. The molecule has 0 aromatic heterocycles. The number of nitrogens with zero attached hydrogens (tertiary/aromatic N) is 3. The topological polar surface area (TPSA) is 55.9 Å². The van der Waals surface area contributed by atoms with E-state index >= 15 is 0 Å². The SMILES string of the molecule is O=C(CNC(=O)N1CCCCCC1)N1CCCN(C(c2ccc(F)cc2)c2ccc(F)cc2)CC1. The van der Waals surface area contributed by atoms with Gasteiger partial charge in [0.05, 0.1) is 12.6 Å². The quantitative estimate of drug-likeness (QED) is 0.693. The van der Waals surface area contributed by atoms with Crippen LogP contribution in [-0.4, -0.2) is 72.5 Å². The maximum Gasteiger partial charge on any atom is 0.317 e. The number of carbonyl (C=O) groups is 2. The lowest BCUT2D eigenvalue weighted by atomic mass is 9.96. The van der Waals surface area contributed by atoms with Gasteiger partial charge in [0.15, 0.2) is 0 Å². The summed E-state index contributed by atoms with van der Waals surface area (Å²) in [6.07, 6.45) is 5.07. The largest absolute Gasteiger partial charge is 0.340 e. The highest BCUT2D eigenvalue weighted by molar-refractivity contribution is 5.84. The summed E-state index contributed by atoms with van der Waals surface area (Å²) in [7, 11) is 0. The number of likely N-dealkylation sites (tertiary alicyclic amines) is 1. The molecular weight excluding hydrogens is 450 g/mol. The van der Waals surface area contributed by atoms with E-state index in [1.54, 1.807) is 34.1 Å². The molecule has 2 aliphatic heterocycles. The van der Waals surface area contributed by atoms with Crippen LogP contribution in [0.3, 0.4) is 0 Å². The molecule has 2 fully saturated rings. The highest BCUT2D eigenvalue weighted by Gasteiger charge is 2.27. The zero-order valence-electron chi connectivity index (χ0n) is 20.1. The van der Waals surface area contributed by atoms with Gasteiger partial charge < -0.3 is 15.1 Å². The van der Waals surface area contributed by atoms with Gasteiger partial charge in [0.25, 0.3) is 0 Å². The monoisotopic (exact) mass is 484 g/mol. The summed E-state index contributed by atoms with van der Waals surface area (Å²) in [5, 5.41) is 2.81. The predicted molar refractivity (Wildman–Crippen MR) is 131 cm³/mol. The number of nitrogens with one attached hydrogen (secondary N) is 1. The molecule has 0 bridgehead atoms. The van der Waals surface area contributed by atoms with Gasteiger partial charge in [0.2, 0.25) is 5.91 Å². The van der Waals surface area contributed by atoms with Crippen molar-refractivity contribution in [2.45, 2.75) is 38.1 Å². The minimum atomic E-state index is -0.304. The summed E-state index contributed by atoms with van der Waals surface area (Å²) >= 11 is 0. The number of hydrogen-bond acceptors (Lipinski definition) is 3. The Bertz CT molecular complexity index is 930. The molecule has 0 unspecified atom stereocenters. The second-order valence-electron chi connectivity index (χ2n) is 9.34. The van der Waals surface area contributed by atoms with Crippen molar-refractivity contribution in [3.8, 4) is 0 Å². The molecule has 2 aliphatic rings. The molecule has 2 saturated heterocycles. The van der Waals surface area contributed by atoms with Crippen molar-refractivity contribution in [3.63, 3.8) is 0 Å². The van der Waals surface area contributed by atoms with Crippen LogP contribution in [0.1, 0.15) is 49.3 Å². The average Bonchev–Trinajstić information content (AvgIpc) is 3.29. The summed E-state index contributed by atoms with van der Waals surface area (Å²) in [6.45, 7) is 3.97. The van der Waals surface area contributed by atoms with Crippen molar-refractivity contribution in [1.29, 1.82) is 0 Å². The van der Waals surface area contributed by atoms with Crippen LogP contribution in [0.15, 0.2) is 48.5 Å². The summed E-state index contributed by atoms with van der Waals surface area (Å²) < 4.78 is 27.2. The summed E-state index contributed by atoms with van der Waals surface area (Å²) in [5.41, 5.74) is 1.84. The van der Waals surface area contributed by atoms with E-state index in [0.29, 0.717) is 19.6 Å². The van der Waals surface area contributed by atoms with Gasteiger partial charge >= 0.3 is 6.03 Å². The summed E-state index contributed by atoms with van der Waals surface area (Å²) in [5.74, 6) is -0.696. The maximum absolute atomic E-state index is 13.6. The highest BCUT2D eigenvalue weighted by atomic mass is 19.1. The van der Waals surface area contributed by atoms with Gasteiger partial charge in [-0.2, -0.15) is 0 Å². The number of halogens is 2. The molecule has 1 N–H and O–H groups in total.